The lowest BCUT2D eigenvalue weighted by molar-refractivity contribution is 0.804. The zero-order valence-corrected chi connectivity index (χ0v) is 13.4. The van der Waals surface area contributed by atoms with E-state index < -0.39 is 0 Å². The van der Waals surface area contributed by atoms with Gasteiger partial charge in [-0.25, -0.2) is 0 Å². The molecule has 0 radical (unpaired) electrons. The third-order valence-corrected chi connectivity index (χ3v) is 3.86. The summed E-state index contributed by atoms with van der Waals surface area (Å²) in [7, 11) is 0. The zero-order valence-electron chi connectivity index (χ0n) is 11.2. The number of aryl methyl sites for hydroxylation is 1. The van der Waals surface area contributed by atoms with Crippen LogP contribution in [0.25, 0.3) is 0 Å². The quantitative estimate of drug-likeness (QED) is 0.663. The molecule has 2 rings (SSSR count). The van der Waals surface area contributed by atoms with Crippen molar-refractivity contribution in [3.63, 3.8) is 0 Å². The number of rotatable bonds is 4. The highest BCUT2D eigenvalue weighted by Gasteiger charge is 2.10. The van der Waals surface area contributed by atoms with Crippen molar-refractivity contribution < 1.29 is 0 Å². The number of nitrogen functional groups attached to an aromatic ring is 1. The van der Waals surface area contributed by atoms with E-state index in [0.29, 0.717) is 0 Å². The largest absolute Gasteiger partial charge is 0.399 e. The SMILES string of the molecule is CCN(Cc1cccc(C)n1)c1ccc(N)cc1I. The molecule has 0 unspecified atom stereocenters. The van der Waals surface area contributed by atoms with Crippen LogP contribution in [0.4, 0.5) is 11.4 Å². The average molecular weight is 367 g/mol. The fraction of sp³-hybridized carbons (Fsp3) is 0.267. The van der Waals surface area contributed by atoms with Crippen molar-refractivity contribution in [3.05, 3.63) is 51.4 Å². The first-order valence-corrected chi connectivity index (χ1v) is 7.40. The van der Waals surface area contributed by atoms with Gasteiger partial charge in [-0.1, -0.05) is 6.07 Å². The van der Waals surface area contributed by atoms with Gasteiger partial charge < -0.3 is 10.6 Å². The number of hydrogen-bond acceptors (Lipinski definition) is 3. The van der Waals surface area contributed by atoms with Crippen LogP contribution in [0.1, 0.15) is 18.3 Å². The predicted molar refractivity (Wildman–Crippen MR) is 89.3 cm³/mol. The number of nitrogens with two attached hydrogens (primary N) is 1. The smallest absolute Gasteiger partial charge is 0.0602 e. The Hall–Kier alpha value is -1.30. The average Bonchev–Trinajstić information content (AvgIpc) is 2.37. The second-order valence-electron chi connectivity index (χ2n) is 4.50. The lowest BCUT2D eigenvalue weighted by Crippen LogP contribution is -2.23. The minimum absolute atomic E-state index is 0.804. The van der Waals surface area contributed by atoms with Gasteiger partial charge in [0.2, 0.25) is 0 Å². The molecule has 19 heavy (non-hydrogen) atoms. The first-order chi connectivity index (χ1) is 9.10. The Morgan fingerprint density at radius 2 is 2.05 bits per heavy atom. The maximum atomic E-state index is 5.81. The van der Waals surface area contributed by atoms with Crippen LogP contribution < -0.4 is 10.6 Å². The first kappa shape index (κ1) is 14.1. The minimum atomic E-state index is 0.804. The summed E-state index contributed by atoms with van der Waals surface area (Å²) < 4.78 is 1.17. The van der Waals surface area contributed by atoms with Crippen molar-refractivity contribution in [2.75, 3.05) is 17.2 Å². The Kier molecular flexibility index (Phi) is 4.63. The van der Waals surface area contributed by atoms with Crippen molar-refractivity contribution in [1.29, 1.82) is 0 Å². The summed E-state index contributed by atoms with van der Waals surface area (Å²) in [5.74, 6) is 0. The Morgan fingerprint density at radius 3 is 2.68 bits per heavy atom. The van der Waals surface area contributed by atoms with Gasteiger partial charge in [0, 0.05) is 21.5 Å². The highest BCUT2D eigenvalue weighted by molar-refractivity contribution is 14.1. The van der Waals surface area contributed by atoms with E-state index in [9.17, 15) is 0 Å². The van der Waals surface area contributed by atoms with Crippen LogP contribution in [0, 0.1) is 10.5 Å². The predicted octanol–water partition coefficient (Wildman–Crippen LogP) is 3.60. The van der Waals surface area contributed by atoms with E-state index in [1.165, 1.54) is 9.26 Å². The van der Waals surface area contributed by atoms with E-state index in [1.807, 2.05) is 25.1 Å². The van der Waals surface area contributed by atoms with E-state index >= 15 is 0 Å². The van der Waals surface area contributed by atoms with Gasteiger partial charge in [0.15, 0.2) is 0 Å². The van der Waals surface area contributed by atoms with Crippen LogP contribution in [0.15, 0.2) is 36.4 Å². The molecule has 2 N–H and O–H groups in total. The summed E-state index contributed by atoms with van der Waals surface area (Å²) in [6.07, 6.45) is 0. The summed E-state index contributed by atoms with van der Waals surface area (Å²) in [5, 5.41) is 0. The molecule has 4 heteroatoms. The molecule has 0 aliphatic rings. The lowest BCUT2D eigenvalue weighted by atomic mass is 10.2. The number of aromatic nitrogens is 1. The van der Waals surface area contributed by atoms with Crippen molar-refractivity contribution in [3.8, 4) is 0 Å². The molecule has 1 aromatic heterocycles. The molecule has 0 amide bonds. The van der Waals surface area contributed by atoms with E-state index in [2.05, 4.69) is 57.6 Å². The monoisotopic (exact) mass is 367 g/mol. The van der Waals surface area contributed by atoms with Crippen molar-refractivity contribution in [2.45, 2.75) is 20.4 Å². The van der Waals surface area contributed by atoms with Gasteiger partial charge in [-0.05, 0) is 66.8 Å². The molecular weight excluding hydrogens is 349 g/mol. The number of nitrogens with zero attached hydrogens (tertiary/aromatic N) is 2. The minimum Gasteiger partial charge on any atom is -0.399 e. The molecule has 0 saturated carbocycles. The second kappa shape index (κ2) is 6.23. The van der Waals surface area contributed by atoms with Crippen LogP contribution in [0.5, 0.6) is 0 Å². The van der Waals surface area contributed by atoms with Gasteiger partial charge in [0.05, 0.1) is 17.9 Å². The maximum absolute atomic E-state index is 5.81. The molecule has 2 aromatic rings. The van der Waals surface area contributed by atoms with Gasteiger partial charge >= 0.3 is 0 Å². The molecule has 0 atom stereocenters. The van der Waals surface area contributed by atoms with E-state index in [0.717, 1.165) is 30.2 Å². The Bertz CT molecular complexity index is 569. The fourth-order valence-electron chi connectivity index (χ4n) is 2.03. The second-order valence-corrected chi connectivity index (χ2v) is 5.66. The molecule has 0 saturated heterocycles. The number of anilines is 2. The van der Waals surface area contributed by atoms with E-state index in [1.54, 1.807) is 0 Å². The summed E-state index contributed by atoms with van der Waals surface area (Å²) in [6.45, 7) is 5.93. The van der Waals surface area contributed by atoms with Crippen molar-refractivity contribution >= 4 is 34.0 Å². The molecule has 1 heterocycles. The number of hydrogen-bond donors (Lipinski definition) is 1. The van der Waals surface area contributed by atoms with Gasteiger partial charge in [-0.15, -0.1) is 0 Å². The first-order valence-electron chi connectivity index (χ1n) is 6.32. The molecule has 0 aliphatic carbocycles. The van der Waals surface area contributed by atoms with Gasteiger partial charge in [0.25, 0.3) is 0 Å². The van der Waals surface area contributed by atoms with Crippen molar-refractivity contribution in [1.82, 2.24) is 4.98 Å². The molecule has 0 bridgehead atoms. The molecule has 3 nitrogen and oxygen atoms in total. The van der Waals surface area contributed by atoms with Crippen molar-refractivity contribution in [2.24, 2.45) is 0 Å². The molecule has 1 aromatic carbocycles. The van der Waals surface area contributed by atoms with Crippen LogP contribution in [-0.2, 0) is 6.54 Å². The molecule has 100 valence electrons. The summed E-state index contributed by atoms with van der Waals surface area (Å²) in [6, 6.07) is 12.2. The van der Waals surface area contributed by atoms with E-state index in [-0.39, 0.29) is 0 Å². The molecule has 0 spiro atoms. The lowest BCUT2D eigenvalue weighted by Gasteiger charge is -2.24. The summed E-state index contributed by atoms with van der Waals surface area (Å²) in [4.78, 5) is 6.87. The van der Waals surface area contributed by atoms with Crippen LogP contribution in [0.2, 0.25) is 0 Å². The van der Waals surface area contributed by atoms with Gasteiger partial charge in [-0.3, -0.25) is 4.98 Å². The standard InChI is InChI=1S/C15H18IN3/c1-3-19(10-13-6-4-5-11(2)18-13)15-8-7-12(17)9-14(15)16/h4-9H,3,10,17H2,1-2H3. The van der Waals surface area contributed by atoms with E-state index in [4.69, 9.17) is 5.73 Å². The van der Waals surface area contributed by atoms with Gasteiger partial charge in [-0.2, -0.15) is 0 Å². The summed E-state index contributed by atoms with van der Waals surface area (Å²) >= 11 is 2.33. The number of halogens is 1. The highest BCUT2D eigenvalue weighted by Crippen LogP contribution is 2.25. The topological polar surface area (TPSA) is 42.2 Å². The fourth-order valence-corrected chi connectivity index (χ4v) is 2.91. The Labute approximate surface area is 128 Å². The maximum Gasteiger partial charge on any atom is 0.0602 e. The molecule has 0 aliphatic heterocycles. The normalized spacial score (nSPS) is 10.5. The Morgan fingerprint density at radius 1 is 1.26 bits per heavy atom. The van der Waals surface area contributed by atoms with Crippen LogP contribution in [-0.4, -0.2) is 11.5 Å². The van der Waals surface area contributed by atoms with Gasteiger partial charge in [0.1, 0.15) is 0 Å². The third-order valence-electron chi connectivity index (χ3n) is 2.99. The number of benzene rings is 1. The van der Waals surface area contributed by atoms with Crippen LogP contribution in [0.3, 0.4) is 0 Å². The summed E-state index contributed by atoms with van der Waals surface area (Å²) in [5.41, 5.74) is 9.97. The molecule has 0 fully saturated rings. The Balaban J connectivity index is 2.25. The third kappa shape index (κ3) is 3.59. The highest BCUT2D eigenvalue weighted by atomic mass is 127. The van der Waals surface area contributed by atoms with Crippen LogP contribution >= 0.6 is 22.6 Å². The number of pyridine rings is 1. The zero-order chi connectivity index (χ0) is 13.8. The molecular formula is C15H18IN3.